The van der Waals surface area contributed by atoms with Crippen LogP contribution < -0.4 is 9.62 Å². The van der Waals surface area contributed by atoms with Crippen LogP contribution in [0.5, 0.6) is 0 Å². The van der Waals surface area contributed by atoms with Crippen LogP contribution in [0.1, 0.15) is 48.4 Å². The molecule has 1 amide bonds. The first-order valence-electron chi connectivity index (χ1n) is 9.87. The molecule has 156 valence electrons. The lowest BCUT2D eigenvalue weighted by Gasteiger charge is -2.27. The van der Waals surface area contributed by atoms with Crippen LogP contribution in [0.2, 0.25) is 5.02 Å². The first-order chi connectivity index (χ1) is 13.8. The van der Waals surface area contributed by atoms with Crippen LogP contribution in [0.25, 0.3) is 0 Å². The summed E-state index contributed by atoms with van der Waals surface area (Å²) in [5.41, 5.74) is 3.87. The predicted octanol–water partition coefficient (Wildman–Crippen LogP) is 4.39. The van der Waals surface area contributed by atoms with Gasteiger partial charge in [0.1, 0.15) is 0 Å². The number of nitrogens with one attached hydrogen (secondary N) is 1. The van der Waals surface area contributed by atoms with Crippen molar-refractivity contribution in [1.82, 2.24) is 5.32 Å². The van der Waals surface area contributed by atoms with Crippen molar-refractivity contribution in [1.29, 1.82) is 0 Å². The quantitative estimate of drug-likeness (QED) is 0.702. The molecule has 7 heteroatoms. The van der Waals surface area contributed by atoms with E-state index in [1.165, 1.54) is 21.7 Å². The number of anilines is 1. The van der Waals surface area contributed by atoms with Crippen molar-refractivity contribution < 1.29 is 13.2 Å². The minimum absolute atomic E-state index is 0.0358. The number of carbonyl (C=O) groups excluding carboxylic acids is 1. The Morgan fingerprint density at radius 3 is 2.76 bits per heavy atom. The summed E-state index contributed by atoms with van der Waals surface area (Å²) < 4.78 is 25.9. The van der Waals surface area contributed by atoms with E-state index >= 15 is 0 Å². The van der Waals surface area contributed by atoms with Crippen LogP contribution in [0, 0.1) is 6.92 Å². The highest BCUT2D eigenvalue weighted by atomic mass is 35.5. The molecule has 3 rings (SSSR count). The van der Waals surface area contributed by atoms with E-state index in [9.17, 15) is 13.2 Å². The maximum absolute atomic E-state index is 12.5. The fraction of sp³-hybridized carbons (Fsp3) is 0.409. The summed E-state index contributed by atoms with van der Waals surface area (Å²) in [5.74, 6) is -0.0528. The van der Waals surface area contributed by atoms with Crippen molar-refractivity contribution in [2.24, 2.45) is 0 Å². The molecule has 1 aliphatic carbocycles. The van der Waals surface area contributed by atoms with E-state index in [1.807, 2.05) is 19.1 Å². The van der Waals surface area contributed by atoms with Crippen molar-refractivity contribution in [2.75, 3.05) is 17.1 Å². The van der Waals surface area contributed by atoms with Crippen molar-refractivity contribution in [3.8, 4) is 0 Å². The lowest BCUT2D eigenvalue weighted by Crippen LogP contribution is -2.34. The number of hydrogen-bond donors (Lipinski definition) is 1. The minimum Gasteiger partial charge on any atom is -0.349 e. The number of aryl methyl sites for hydroxylation is 2. The second-order valence-electron chi connectivity index (χ2n) is 7.58. The molecule has 2 aromatic carbocycles. The average Bonchev–Trinajstić information content (AvgIpc) is 2.67. The molecular weight excluding hydrogens is 408 g/mol. The minimum atomic E-state index is -3.48. The molecule has 0 fully saturated rings. The molecule has 1 N–H and O–H groups in total. The number of carbonyl (C=O) groups is 1. The molecule has 5 nitrogen and oxygen atoms in total. The van der Waals surface area contributed by atoms with Gasteiger partial charge in [0.2, 0.25) is 15.9 Å². The molecule has 0 unspecified atom stereocenters. The Bertz CT molecular complexity index is 991. The number of sulfonamides is 1. The lowest BCUT2D eigenvalue weighted by atomic mass is 9.87. The highest BCUT2D eigenvalue weighted by molar-refractivity contribution is 7.92. The molecular formula is C22H27ClN2O3S. The molecule has 29 heavy (non-hydrogen) atoms. The number of hydrogen-bond acceptors (Lipinski definition) is 3. The zero-order chi connectivity index (χ0) is 21.0. The van der Waals surface area contributed by atoms with Gasteiger partial charge in [-0.2, -0.15) is 0 Å². The maximum atomic E-state index is 12.5. The first-order valence-corrected chi connectivity index (χ1v) is 12.1. The van der Waals surface area contributed by atoms with E-state index in [4.69, 9.17) is 11.6 Å². The van der Waals surface area contributed by atoms with Crippen molar-refractivity contribution in [2.45, 2.75) is 45.1 Å². The zero-order valence-electron chi connectivity index (χ0n) is 16.8. The van der Waals surface area contributed by atoms with Crippen LogP contribution in [0.3, 0.4) is 0 Å². The Morgan fingerprint density at radius 2 is 2.00 bits per heavy atom. The van der Waals surface area contributed by atoms with E-state index in [0.717, 1.165) is 24.8 Å². The summed E-state index contributed by atoms with van der Waals surface area (Å²) in [6, 6.07) is 13.4. The Morgan fingerprint density at radius 1 is 1.24 bits per heavy atom. The molecule has 0 saturated heterocycles. The van der Waals surface area contributed by atoms with E-state index < -0.39 is 10.0 Å². The fourth-order valence-corrected chi connectivity index (χ4v) is 5.05. The SMILES string of the molecule is Cc1ccc(Cl)cc1N(CCCC(=O)N[C@@H]1CCCc2ccccc21)S(C)(=O)=O. The molecule has 0 aromatic heterocycles. The number of benzene rings is 2. The zero-order valence-corrected chi connectivity index (χ0v) is 18.4. The molecule has 0 heterocycles. The van der Waals surface area contributed by atoms with Gasteiger partial charge >= 0.3 is 0 Å². The lowest BCUT2D eigenvalue weighted by molar-refractivity contribution is -0.122. The Kier molecular flexibility index (Phi) is 6.85. The summed E-state index contributed by atoms with van der Waals surface area (Å²) in [6.07, 6.45) is 4.90. The van der Waals surface area contributed by atoms with Crippen LogP contribution in [-0.4, -0.2) is 27.1 Å². The third-order valence-corrected chi connectivity index (χ3v) is 6.72. The van der Waals surface area contributed by atoms with E-state index in [1.54, 1.807) is 18.2 Å². The molecule has 0 radical (unpaired) electrons. The first kappa shape index (κ1) is 21.7. The van der Waals surface area contributed by atoms with Gasteiger partial charge in [0.05, 0.1) is 18.0 Å². The third-order valence-electron chi connectivity index (χ3n) is 5.31. The Hall–Kier alpha value is -2.05. The van der Waals surface area contributed by atoms with Gasteiger partial charge in [0.25, 0.3) is 0 Å². The highest BCUT2D eigenvalue weighted by Crippen LogP contribution is 2.30. The number of fused-ring (bicyclic) bond motifs is 1. The molecule has 2 aromatic rings. The normalized spacial score (nSPS) is 16.2. The van der Waals surface area contributed by atoms with Gasteiger partial charge in [0.15, 0.2) is 0 Å². The molecule has 1 atom stereocenters. The number of nitrogens with zero attached hydrogens (tertiary/aromatic N) is 1. The van der Waals surface area contributed by atoms with Crippen molar-refractivity contribution in [3.63, 3.8) is 0 Å². The van der Waals surface area contributed by atoms with Crippen LogP contribution in [-0.2, 0) is 21.2 Å². The van der Waals surface area contributed by atoms with Gasteiger partial charge in [0, 0.05) is 18.0 Å². The van der Waals surface area contributed by atoms with Crippen molar-refractivity contribution >= 4 is 33.2 Å². The topological polar surface area (TPSA) is 66.5 Å². The summed E-state index contributed by atoms with van der Waals surface area (Å²) in [5, 5.41) is 3.60. The van der Waals surface area contributed by atoms with E-state index in [2.05, 4.69) is 17.4 Å². The van der Waals surface area contributed by atoms with Gasteiger partial charge in [-0.15, -0.1) is 0 Å². The van der Waals surface area contributed by atoms with Gasteiger partial charge in [-0.1, -0.05) is 41.9 Å². The summed E-state index contributed by atoms with van der Waals surface area (Å²) in [4.78, 5) is 12.5. The van der Waals surface area contributed by atoms with Gasteiger partial charge in [-0.05, 0) is 61.4 Å². The Labute approximate surface area is 178 Å². The van der Waals surface area contributed by atoms with Crippen LogP contribution in [0.15, 0.2) is 42.5 Å². The molecule has 0 bridgehead atoms. The predicted molar refractivity (Wildman–Crippen MR) is 118 cm³/mol. The molecule has 0 saturated carbocycles. The van der Waals surface area contributed by atoms with Gasteiger partial charge in [-0.3, -0.25) is 9.10 Å². The monoisotopic (exact) mass is 434 g/mol. The van der Waals surface area contributed by atoms with Gasteiger partial charge in [-0.25, -0.2) is 8.42 Å². The highest BCUT2D eigenvalue weighted by Gasteiger charge is 2.23. The molecule has 1 aliphatic rings. The van der Waals surface area contributed by atoms with Gasteiger partial charge < -0.3 is 5.32 Å². The second kappa shape index (κ2) is 9.18. The summed E-state index contributed by atoms with van der Waals surface area (Å²) >= 11 is 6.06. The molecule has 0 spiro atoms. The standard InChI is InChI=1S/C22H27ClN2O3S/c1-16-12-13-18(23)15-21(16)25(29(2,27)28)14-6-11-22(26)24-20-10-5-8-17-7-3-4-9-19(17)20/h3-4,7,9,12-13,15,20H,5-6,8,10-11,14H2,1-2H3,(H,24,26)/t20-/m1/s1. The smallest absolute Gasteiger partial charge is 0.232 e. The largest absolute Gasteiger partial charge is 0.349 e. The number of amides is 1. The van der Waals surface area contributed by atoms with Crippen LogP contribution >= 0.6 is 11.6 Å². The average molecular weight is 435 g/mol. The Balaban J connectivity index is 1.62. The third kappa shape index (κ3) is 5.52. The maximum Gasteiger partial charge on any atom is 0.232 e. The fourth-order valence-electron chi connectivity index (χ4n) is 3.87. The molecule has 0 aliphatic heterocycles. The number of rotatable bonds is 7. The van der Waals surface area contributed by atoms with Crippen LogP contribution in [0.4, 0.5) is 5.69 Å². The van der Waals surface area contributed by atoms with E-state index in [-0.39, 0.29) is 24.9 Å². The van der Waals surface area contributed by atoms with Crippen molar-refractivity contribution in [3.05, 3.63) is 64.2 Å². The van der Waals surface area contributed by atoms with E-state index in [0.29, 0.717) is 17.1 Å². The summed E-state index contributed by atoms with van der Waals surface area (Å²) in [7, 11) is -3.48. The summed E-state index contributed by atoms with van der Waals surface area (Å²) in [6.45, 7) is 2.08. The number of halogens is 1. The second-order valence-corrected chi connectivity index (χ2v) is 9.92.